The van der Waals surface area contributed by atoms with E-state index in [0.29, 0.717) is 5.92 Å². The minimum atomic E-state index is 0.566. The van der Waals surface area contributed by atoms with Crippen LogP contribution in [0.1, 0.15) is 54.7 Å². The van der Waals surface area contributed by atoms with E-state index < -0.39 is 0 Å². The van der Waals surface area contributed by atoms with Gasteiger partial charge in [-0.2, -0.15) is 0 Å². The van der Waals surface area contributed by atoms with Gasteiger partial charge in [0, 0.05) is 17.9 Å². The first-order chi connectivity index (χ1) is 10.9. The molecule has 1 heterocycles. The Balaban J connectivity index is 1.76. The fraction of sp³-hybridized carbons (Fsp3) is 0.429. The number of benzene rings is 2. The summed E-state index contributed by atoms with van der Waals surface area (Å²) in [4.78, 5) is 2.75. The van der Waals surface area contributed by atoms with Crippen LogP contribution < -0.4 is 0 Å². The minimum Gasteiger partial charge on any atom is -0.300 e. The van der Waals surface area contributed by atoms with Gasteiger partial charge < -0.3 is 0 Å². The van der Waals surface area contributed by atoms with Crippen molar-refractivity contribution in [1.29, 1.82) is 0 Å². The molecule has 4 rings (SSSR count). The summed E-state index contributed by atoms with van der Waals surface area (Å²) < 4.78 is 0. The Morgan fingerprint density at radius 1 is 0.955 bits per heavy atom. The summed E-state index contributed by atoms with van der Waals surface area (Å²) in [7, 11) is 0. The van der Waals surface area contributed by atoms with Crippen molar-refractivity contribution < 1.29 is 0 Å². The van der Waals surface area contributed by atoms with Gasteiger partial charge >= 0.3 is 0 Å². The van der Waals surface area contributed by atoms with E-state index >= 15 is 0 Å². The second-order valence-electron chi connectivity index (χ2n) is 6.83. The van der Waals surface area contributed by atoms with Gasteiger partial charge in [0.1, 0.15) is 0 Å². The van der Waals surface area contributed by atoms with Crippen LogP contribution in [-0.2, 0) is 0 Å². The third-order valence-corrected chi connectivity index (χ3v) is 5.62. The zero-order valence-corrected chi connectivity index (χ0v) is 13.4. The quantitative estimate of drug-likeness (QED) is 0.786. The van der Waals surface area contributed by atoms with Crippen molar-refractivity contribution in [3.05, 3.63) is 71.3 Å². The molecule has 2 aromatic rings. The Morgan fingerprint density at radius 3 is 2.45 bits per heavy atom. The lowest BCUT2D eigenvalue weighted by Gasteiger charge is -2.38. The lowest BCUT2D eigenvalue weighted by molar-refractivity contribution is 0.220. The van der Waals surface area contributed by atoms with Crippen LogP contribution in [0, 0.1) is 0 Å². The zero-order chi connectivity index (χ0) is 14.9. The van der Waals surface area contributed by atoms with E-state index in [0.717, 1.165) is 12.0 Å². The summed E-state index contributed by atoms with van der Waals surface area (Å²) >= 11 is 0. The fourth-order valence-electron chi connectivity index (χ4n) is 4.69. The molecule has 1 aliphatic heterocycles. The van der Waals surface area contributed by atoms with Crippen molar-refractivity contribution in [3.8, 4) is 0 Å². The molecule has 0 radical (unpaired) electrons. The molecule has 1 fully saturated rings. The van der Waals surface area contributed by atoms with Crippen LogP contribution in [-0.4, -0.2) is 24.0 Å². The number of hydrogen-bond donors (Lipinski definition) is 0. The molecular formula is C21H25N. The first-order valence-corrected chi connectivity index (χ1v) is 8.76. The predicted octanol–water partition coefficient (Wildman–Crippen LogP) is 4.79. The lowest BCUT2D eigenvalue weighted by Crippen LogP contribution is -2.37. The highest BCUT2D eigenvalue weighted by Crippen LogP contribution is 2.48. The van der Waals surface area contributed by atoms with E-state index in [1.165, 1.54) is 37.9 Å². The Kier molecular flexibility index (Phi) is 3.75. The van der Waals surface area contributed by atoms with E-state index in [4.69, 9.17) is 0 Å². The largest absolute Gasteiger partial charge is 0.300 e. The van der Waals surface area contributed by atoms with Crippen molar-refractivity contribution in [2.24, 2.45) is 0 Å². The molecule has 2 aliphatic rings. The molecule has 1 saturated heterocycles. The predicted molar refractivity (Wildman–Crippen MR) is 92.4 cm³/mol. The molecule has 114 valence electrons. The van der Waals surface area contributed by atoms with Crippen molar-refractivity contribution in [3.63, 3.8) is 0 Å². The normalized spacial score (nSPS) is 27.4. The molecule has 0 bridgehead atoms. The first kappa shape index (κ1) is 14.0. The van der Waals surface area contributed by atoms with E-state index in [1.54, 1.807) is 11.1 Å². The van der Waals surface area contributed by atoms with Gasteiger partial charge in [-0.25, -0.2) is 0 Å². The van der Waals surface area contributed by atoms with Crippen LogP contribution in [0.25, 0.3) is 0 Å². The number of hydrogen-bond acceptors (Lipinski definition) is 1. The number of nitrogens with zero attached hydrogens (tertiary/aromatic N) is 1. The Hall–Kier alpha value is -1.60. The highest BCUT2D eigenvalue weighted by molar-refractivity contribution is 5.44. The first-order valence-electron chi connectivity index (χ1n) is 8.76. The lowest BCUT2D eigenvalue weighted by atomic mass is 9.71. The van der Waals surface area contributed by atoms with Crippen LogP contribution in [0.3, 0.4) is 0 Å². The molecular weight excluding hydrogens is 266 g/mol. The van der Waals surface area contributed by atoms with Crippen LogP contribution >= 0.6 is 0 Å². The van der Waals surface area contributed by atoms with Crippen molar-refractivity contribution in [1.82, 2.24) is 4.90 Å². The molecule has 2 aromatic carbocycles. The average Bonchev–Trinajstić information content (AvgIpc) is 2.98. The van der Waals surface area contributed by atoms with Gasteiger partial charge in [-0.3, -0.25) is 4.90 Å². The summed E-state index contributed by atoms with van der Waals surface area (Å²) in [5.74, 6) is 1.32. The van der Waals surface area contributed by atoms with Crippen LogP contribution in [0.4, 0.5) is 0 Å². The van der Waals surface area contributed by atoms with Gasteiger partial charge in [-0.05, 0) is 49.0 Å². The maximum Gasteiger partial charge on any atom is 0.0174 e. The topological polar surface area (TPSA) is 3.24 Å². The second-order valence-corrected chi connectivity index (χ2v) is 6.83. The number of rotatable bonds is 3. The van der Waals surface area contributed by atoms with Crippen molar-refractivity contribution >= 4 is 0 Å². The third-order valence-electron chi connectivity index (χ3n) is 5.62. The van der Waals surface area contributed by atoms with Crippen molar-refractivity contribution in [2.45, 2.75) is 44.1 Å². The van der Waals surface area contributed by atoms with Gasteiger partial charge in [-0.1, -0.05) is 61.5 Å². The summed E-state index contributed by atoms with van der Waals surface area (Å²) in [5, 5.41) is 0. The molecule has 0 amide bonds. The Bertz CT molecular complexity index is 633. The van der Waals surface area contributed by atoms with Gasteiger partial charge in [0.2, 0.25) is 0 Å². The van der Waals surface area contributed by atoms with Crippen LogP contribution in [0.15, 0.2) is 54.6 Å². The van der Waals surface area contributed by atoms with Crippen LogP contribution in [0.2, 0.25) is 0 Å². The molecule has 0 N–H and O–H groups in total. The maximum atomic E-state index is 2.75. The zero-order valence-electron chi connectivity index (χ0n) is 13.4. The molecule has 0 saturated carbocycles. The molecule has 2 unspecified atom stereocenters. The molecule has 0 spiro atoms. The van der Waals surface area contributed by atoms with Crippen LogP contribution in [0.5, 0.6) is 0 Å². The maximum absolute atomic E-state index is 2.75. The van der Waals surface area contributed by atoms with Crippen molar-refractivity contribution in [2.75, 3.05) is 13.1 Å². The standard InChI is InChI=1S/C21H25N/c1-2-13-22-14-12-19-17-10-6-7-11-18(17)20(15-21(19)22)16-8-4-3-5-9-16/h3-11,19-21H,2,12-15H2,1H3/t19?,20?,21-/m0/s1. The number of fused-ring (bicyclic) bond motifs is 3. The summed E-state index contributed by atoms with van der Waals surface area (Å²) in [6.07, 6.45) is 3.88. The third kappa shape index (κ3) is 2.28. The monoisotopic (exact) mass is 291 g/mol. The fourth-order valence-corrected chi connectivity index (χ4v) is 4.69. The van der Waals surface area contributed by atoms with Gasteiger partial charge in [-0.15, -0.1) is 0 Å². The van der Waals surface area contributed by atoms with E-state index in [2.05, 4.69) is 66.4 Å². The highest BCUT2D eigenvalue weighted by Gasteiger charge is 2.41. The SMILES string of the molecule is CCCN1CCC2c3ccccc3C(c3ccccc3)C[C@@H]21. The average molecular weight is 291 g/mol. The Labute approximate surface area is 134 Å². The minimum absolute atomic E-state index is 0.566. The molecule has 1 aliphatic carbocycles. The molecule has 1 heteroatoms. The summed E-state index contributed by atoms with van der Waals surface area (Å²) in [6.45, 7) is 4.84. The molecule has 1 nitrogen and oxygen atoms in total. The summed E-state index contributed by atoms with van der Waals surface area (Å²) in [6, 6.07) is 21.0. The van der Waals surface area contributed by atoms with E-state index in [1.807, 2.05) is 0 Å². The second kappa shape index (κ2) is 5.89. The summed E-state index contributed by atoms with van der Waals surface area (Å²) in [5.41, 5.74) is 4.68. The van der Waals surface area contributed by atoms with Gasteiger partial charge in [0.05, 0.1) is 0 Å². The van der Waals surface area contributed by atoms with Gasteiger partial charge in [0.15, 0.2) is 0 Å². The van der Waals surface area contributed by atoms with E-state index in [-0.39, 0.29) is 0 Å². The highest BCUT2D eigenvalue weighted by atomic mass is 15.2. The number of likely N-dealkylation sites (tertiary alicyclic amines) is 1. The molecule has 22 heavy (non-hydrogen) atoms. The van der Waals surface area contributed by atoms with E-state index in [9.17, 15) is 0 Å². The Morgan fingerprint density at radius 2 is 1.68 bits per heavy atom. The van der Waals surface area contributed by atoms with Gasteiger partial charge in [0.25, 0.3) is 0 Å². The molecule has 3 atom stereocenters. The smallest absolute Gasteiger partial charge is 0.0174 e. The molecule has 0 aromatic heterocycles.